The normalized spacial score (nSPS) is 19.8. The molecule has 20 heavy (non-hydrogen) atoms. The molecule has 1 aromatic heterocycles. The Morgan fingerprint density at radius 3 is 2.85 bits per heavy atom. The standard InChI is InChI=1S/C16H23ClN2O/c1-3-13-10-12(11-15(17)18-13)16(20)19-9-7-5-6-8-14(19)4-2/h10-11,14H,3-9H2,1-2H3. The number of amides is 1. The number of hydrogen-bond donors (Lipinski definition) is 0. The fraction of sp³-hybridized carbons (Fsp3) is 0.625. The average Bonchev–Trinajstić information content (AvgIpc) is 2.70. The summed E-state index contributed by atoms with van der Waals surface area (Å²) < 4.78 is 0. The summed E-state index contributed by atoms with van der Waals surface area (Å²) in [7, 11) is 0. The maximum absolute atomic E-state index is 12.8. The fourth-order valence-corrected chi connectivity index (χ4v) is 3.12. The van der Waals surface area contributed by atoms with E-state index >= 15 is 0 Å². The van der Waals surface area contributed by atoms with Crippen molar-refractivity contribution in [3.8, 4) is 0 Å². The molecule has 3 nitrogen and oxygen atoms in total. The van der Waals surface area contributed by atoms with E-state index in [0.717, 1.165) is 37.9 Å². The highest BCUT2D eigenvalue weighted by atomic mass is 35.5. The van der Waals surface area contributed by atoms with Crippen LogP contribution in [0.5, 0.6) is 0 Å². The summed E-state index contributed by atoms with van der Waals surface area (Å²) in [6, 6.07) is 3.94. The lowest BCUT2D eigenvalue weighted by Gasteiger charge is -2.29. The van der Waals surface area contributed by atoms with Crippen LogP contribution in [0, 0.1) is 0 Å². The lowest BCUT2D eigenvalue weighted by molar-refractivity contribution is 0.0678. The van der Waals surface area contributed by atoms with Gasteiger partial charge >= 0.3 is 0 Å². The molecule has 1 atom stereocenters. The number of pyridine rings is 1. The molecule has 0 N–H and O–H groups in total. The first kappa shape index (κ1) is 15.3. The van der Waals surface area contributed by atoms with Crippen LogP contribution in [-0.2, 0) is 6.42 Å². The van der Waals surface area contributed by atoms with Crippen molar-refractivity contribution in [1.29, 1.82) is 0 Å². The van der Waals surface area contributed by atoms with E-state index in [4.69, 9.17) is 11.6 Å². The van der Waals surface area contributed by atoms with Crippen LogP contribution in [-0.4, -0.2) is 28.4 Å². The second-order valence-electron chi connectivity index (χ2n) is 5.43. The summed E-state index contributed by atoms with van der Waals surface area (Å²) in [5, 5.41) is 0.413. The molecule has 0 radical (unpaired) electrons. The molecule has 4 heteroatoms. The maximum atomic E-state index is 12.8. The Balaban J connectivity index is 2.26. The van der Waals surface area contributed by atoms with Gasteiger partial charge in [-0.1, -0.05) is 38.3 Å². The summed E-state index contributed by atoms with van der Waals surface area (Å²) in [5.74, 6) is 0.109. The molecule has 0 bridgehead atoms. The van der Waals surface area contributed by atoms with Gasteiger partial charge in [-0.3, -0.25) is 4.79 Å². The second-order valence-corrected chi connectivity index (χ2v) is 5.82. The quantitative estimate of drug-likeness (QED) is 0.787. The SMILES string of the molecule is CCc1cc(C(=O)N2CCCCCC2CC)cc(Cl)n1. The predicted molar refractivity (Wildman–Crippen MR) is 82.2 cm³/mol. The number of hydrogen-bond acceptors (Lipinski definition) is 2. The number of carbonyl (C=O) groups excluding carboxylic acids is 1. The molecule has 0 aliphatic carbocycles. The van der Waals surface area contributed by atoms with Gasteiger partial charge in [0.15, 0.2) is 0 Å². The highest BCUT2D eigenvalue weighted by Crippen LogP contribution is 2.22. The van der Waals surface area contributed by atoms with Gasteiger partial charge in [-0.05, 0) is 37.8 Å². The minimum absolute atomic E-state index is 0.109. The molecule has 0 aromatic carbocycles. The van der Waals surface area contributed by atoms with Crippen LogP contribution in [0.1, 0.15) is 62.0 Å². The monoisotopic (exact) mass is 294 g/mol. The zero-order valence-corrected chi connectivity index (χ0v) is 13.1. The minimum atomic E-state index is 0.109. The Labute approximate surface area is 126 Å². The number of rotatable bonds is 3. The van der Waals surface area contributed by atoms with Crippen LogP contribution in [0.2, 0.25) is 5.15 Å². The molecular formula is C16H23ClN2O. The van der Waals surface area contributed by atoms with E-state index in [9.17, 15) is 4.79 Å². The topological polar surface area (TPSA) is 33.2 Å². The highest BCUT2D eigenvalue weighted by Gasteiger charge is 2.25. The molecule has 1 aromatic rings. The Hall–Kier alpha value is -1.09. The van der Waals surface area contributed by atoms with Gasteiger partial charge in [0, 0.05) is 23.8 Å². The van der Waals surface area contributed by atoms with Gasteiger partial charge < -0.3 is 4.90 Å². The molecule has 1 aliphatic heterocycles. The number of likely N-dealkylation sites (tertiary alicyclic amines) is 1. The maximum Gasteiger partial charge on any atom is 0.254 e. The van der Waals surface area contributed by atoms with Gasteiger partial charge in [-0.15, -0.1) is 0 Å². The van der Waals surface area contributed by atoms with Crippen molar-refractivity contribution in [3.05, 3.63) is 28.5 Å². The Morgan fingerprint density at radius 1 is 1.35 bits per heavy atom. The molecule has 2 heterocycles. The molecule has 2 rings (SSSR count). The van der Waals surface area contributed by atoms with Crippen LogP contribution in [0.25, 0.3) is 0 Å². The summed E-state index contributed by atoms with van der Waals surface area (Å²) in [6.07, 6.45) is 6.46. The molecule has 1 saturated heterocycles. The molecular weight excluding hydrogens is 272 g/mol. The minimum Gasteiger partial charge on any atom is -0.336 e. The van der Waals surface area contributed by atoms with Gasteiger partial charge in [0.1, 0.15) is 5.15 Å². The summed E-state index contributed by atoms with van der Waals surface area (Å²) >= 11 is 6.03. The number of aromatic nitrogens is 1. The van der Waals surface area contributed by atoms with Crippen molar-refractivity contribution in [2.75, 3.05) is 6.54 Å². The lowest BCUT2D eigenvalue weighted by atomic mass is 10.1. The van der Waals surface area contributed by atoms with E-state index in [1.807, 2.05) is 17.9 Å². The van der Waals surface area contributed by atoms with Crippen LogP contribution >= 0.6 is 11.6 Å². The van der Waals surface area contributed by atoms with Crippen molar-refractivity contribution in [1.82, 2.24) is 9.88 Å². The molecule has 1 unspecified atom stereocenters. The predicted octanol–water partition coefficient (Wildman–Crippen LogP) is 4.09. The van der Waals surface area contributed by atoms with Gasteiger partial charge in [0.2, 0.25) is 0 Å². The van der Waals surface area contributed by atoms with E-state index in [2.05, 4.69) is 11.9 Å². The molecule has 1 fully saturated rings. The van der Waals surface area contributed by atoms with Gasteiger partial charge in [-0.2, -0.15) is 0 Å². The molecule has 0 spiro atoms. The largest absolute Gasteiger partial charge is 0.336 e. The Kier molecular flexibility index (Phi) is 5.41. The van der Waals surface area contributed by atoms with E-state index in [0.29, 0.717) is 16.8 Å². The van der Waals surface area contributed by atoms with Crippen molar-refractivity contribution < 1.29 is 4.79 Å². The highest BCUT2D eigenvalue weighted by molar-refractivity contribution is 6.29. The van der Waals surface area contributed by atoms with Crippen molar-refractivity contribution in [2.24, 2.45) is 0 Å². The zero-order chi connectivity index (χ0) is 14.5. The van der Waals surface area contributed by atoms with Crippen molar-refractivity contribution >= 4 is 17.5 Å². The van der Waals surface area contributed by atoms with Crippen LogP contribution in [0.15, 0.2) is 12.1 Å². The third-order valence-electron chi connectivity index (χ3n) is 4.07. The molecule has 1 aliphatic rings. The van der Waals surface area contributed by atoms with Crippen LogP contribution in [0.3, 0.4) is 0 Å². The van der Waals surface area contributed by atoms with Gasteiger partial charge in [-0.25, -0.2) is 4.98 Å². The summed E-state index contributed by atoms with van der Waals surface area (Å²) in [5.41, 5.74) is 1.56. The number of aryl methyl sites for hydroxylation is 1. The smallest absolute Gasteiger partial charge is 0.254 e. The van der Waals surface area contributed by atoms with Crippen molar-refractivity contribution in [2.45, 2.75) is 58.4 Å². The zero-order valence-electron chi connectivity index (χ0n) is 12.4. The van der Waals surface area contributed by atoms with Crippen molar-refractivity contribution in [3.63, 3.8) is 0 Å². The lowest BCUT2D eigenvalue weighted by Crippen LogP contribution is -2.39. The number of carbonyl (C=O) groups is 1. The van der Waals surface area contributed by atoms with Crippen LogP contribution in [0.4, 0.5) is 0 Å². The van der Waals surface area contributed by atoms with Gasteiger partial charge in [0.05, 0.1) is 0 Å². The molecule has 0 saturated carbocycles. The second kappa shape index (κ2) is 7.07. The van der Waals surface area contributed by atoms with E-state index < -0.39 is 0 Å². The summed E-state index contributed by atoms with van der Waals surface area (Å²) in [4.78, 5) is 19.1. The number of nitrogens with zero attached hydrogens (tertiary/aromatic N) is 2. The fourth-order valence-electron chi connectivity index (χ4n) is 2.89. The summed E-state index contributed by atoms with van der Waals surface area (Å²) in [6.45, 7) is 5.04. The third kappa shape index (κ3) is 3.51. The first-order valence-corrected chi connectivity index (χ1v) is 8.01. The van der Waals surface area contributed by atoms with E-state index in [1.54, 1.807) is 6.07 Å². The third-order valence-corrected chi connectivity index (χ3v) is 4.26. The average molecular weight is 295 g/mol. The Morgan fingerprint density at radius 2 is 2.15 bits per heavy atom. The molecule has 1 amide bonds. The molecule has 110 valence electrons. The Bertz CT molecular complexity index is 476. The number of halogens is 1. The van der Waals surface area contributed by atoms with E-state index in [-0.39, 0.29) is 5.91 Å². The first-order chi connectivity index (χ1) is 9.65. The van der Waals surface area contributed by atoms with Crippen LogP contribution < -0.4 is 0 Å². The van der Waals surface area contributed by atoms with E-state index in [1.165, 1.54) is 12.8 Å². The van der Waals surface area contributed by atoms with Gasteiger partial charge in [0.25, 0.3) is 5.91 Å². The first-order valence-electron chi connectivity index (χ1n) is 7.63.